The first-order valence-corrected chi connectivity index (χ1v) is 7.41. The Morgan fingerprint density at radius 2 is 2.00 bits per heavy atom. The number of piperidine rings is 1. The van der Waals surface area contributed by atoms with Crippen LogP contribution in [0.5, 0.6) is 0 Å². The molecule has 1 heterocycles. The summed E-state index contributed by atoms with van der Waals surface area (Å²) in [7, 11) is 0. The van der Waals surface area contributed by atoms with Crippen molar-refractivity contribution < 1.29 is 14.7 Å². The van der Waals surface area contributed by atoms with Crippen LogP contribution in [0, 0.1) is 0 Å². The number of carboxylic acids is 1. The first-order valence-electron chi connectivity index (χ1n) is 6.96. The van der Waals surface area contributed by atoms with Crippen LogP contribution in [-0.4, -0.2) is 46.3 Å². The van der Waals surface area contributed by atoms with Gasteiger partial charge in [-0.25, -0.2) is 4.79 Å². The Morgan fingerprint density at radius 1 is 1.38 bits per heavy atom. The largest absolute Gasteiger partial charge is 0.480 e. The minimum atomic E-state index is -1.03. The molecule has 0 aliphatic carbocycles. The molecule has 0 aromatic heterocycles. The molecule has 1 fully saturated rings. The summed E-state index contributed by atoms with van der Waals surface area (Å²) in [4.78, 5) is 24.2. The van der Waals surface area contributed by atoms with E-state index in [-0.39, 0.29) is 0 Å². The van der Waals surface area contributed by atoms with Gasteiger partial charge in [0.05, 0.1) is 0 Å². The molecule has 1 aromatic carbocycles. The van der Waals surface area contributed by atoms with Gasteiger partial charge in [-0.2, -0.15) is 12.6 Å². The standard InChI is InChI=1S/C15H20N2O3S/c18-11-16-13(14(19)20)15(21)6-8-17(9-7-15)10-12-4-2-1-3-5-12/h1-5,11,13,21H,6-10H2,(H,16,18)(H,19,20)/t13-/m1/s1. The maximum atomic E-state index is 11.3. The fraction of sp³-hybridized carbons (Fsp3) is 0.467. The zero-order valence-electron chi connectivity index (χ0n) is 11.7. The molecule has 2 rings (SSSR count). The topological polar surface area (TPSA) is 69.6 Å². The minimum Gasteiger partial charge on any atom is -0.480 e. The quantitative estimate of drug-likeness (QED) is 0.545. The summed E-state index contributed by atoms with van der Waals surface area (Å²) in [6, 6.07) is 9.22. The van der Waals surface area contributed by atoms with Gasteiger partial charge in [0.2, 0.25) is 6.41 Å². The number of likely N-dealkylation sites (tertiary alicyclic amines) is 1. The molecule has 1 amide bonds. The van der Waals surface area contributed by atoms with E-state index in [0.717, 1.165) is 19.6 Å². The molecule has 114 valence electrons. The summed E-state index contributed by atoms with van der Waals surface area (Å²) >= 11 is 4.56. The van der Waals surface area contributed by atoms with Crippen LogP contribution in [0.3, 0.4) is 0 Å². The van der Waals surface area contributed by atoms with Crippen LogP contribution in [-0.2, 0) is 16.1 Å². The van der Waals surface area contributed by atoms with E-state index in [0.29, 0.717) is 19.3 Å². The SMILES string of the molecule is O=CN[C@H](C(=O)O)C1(S)CCN(Cc2ccccc2)CC1. The van der Waals surface area contributed by atoms with Crippen molar-refractivity contribution in [1.82, 2.24) is 10.2 Å². The van der Waals surface area contributed by atoms with Crippen molar-refractivity contribution in [3.05, 3.63) is 35.9 Å². The van der Waals surface area contributed by atoms with Crippen LogP contribution < -0.4 is 5.32 Å². The van der Waals surface area contributed by atoms with Crippen LogP contribution in [0.1, 0.15) is 18.4 Å². The van der Waals surface area contributed by atoms with Gasteiger partial charge in [-0.3, -0.25) is 9.69 Å². The fourth-order valence-electron chi connectivity index (χ4n) is 2.75. The normalized spacial score (nSPS) is 19.7. The molecule has 6 heteroatoms. The molecule has 0 bridgehead atoms. The van der Waals surface area contributed by atoms with Gasteiger partial charge in [-0.05, 0) is 31.5 Å². The average Bonchev–Trinajstić information content (AvgIpc) is 2.48. The highest BCUT2D eigenvalue weighted by atomic mass is 32.1. The average molecular weight is 308 g/mol. The third-order valence-corrected chi connectivity index (χ3v) is 4.70. The second kappa shape index (κ2) is 6.95. The van der Waals surface area contributed by atoms with Gasteiger partial charge in [0, 0.05) is 11.3 Å². The summed E-state index contributed by atoms with van der Waals surface area (Å²) in [5, 5.41) is 11.6. The Balaban J connectivity index is 1.95. The lowest BCUT2D eigenvalue weighted by atomic mass is 9.88. The zero-order chi connectivity index (χ0) is 15.3. The predicted octanol–water partition coefficient (Wildman–Crippen LogP) is 1.15. The van der Waals surface area contributed by atoms with Crippen LogP contribution in [0.25, 0.3) is 0 Å². The lowest BCUT2D eigenvalue weighted by Crippen LogP contribution is -2.56. The number of nitrogens with one attached hydrogen (secondary N) is 1. The molecule has 1 saturated heterocycles. The summed E-state index contributed by atoms with van der Waals surface area (Å²) in [5.41, 5.74) is 1.24. The van der Waals surface area contributed by atoms with Gasteiger partial charge in [0.25, 0.3) is 0 Å². The molecular formula is C15H20N2O3S. The number of benzene rings is 1. The number of rotatable bonds is 6. The first kappa shape index (κ1) is 15.9. The van der Waals surface area contributed by atoms with E-state index in [1.807, 2.05) is 18.2 Å². The number of hydrogen-bond acceptors (Lipinski definition) is 4. The molecule has 2 N–H and O–H groups in total. The minimum absolute atomic E-state index is 0.438. The highest BCUT2D eigenvalue weighted by molar-refractivity contribution is 7.82. The van der Waals surface area contributed by atoms with E-state index >= 15 is 0 Å². The van der Waals surface area contributed by atoms with Crippen molar-refractivity contribution in [2.75, 3.05) is 13.1 Å². The molecule has 1 aliphatic rings. The van der Waals surface area contributed by atoms with Crippen molar-refractivity contribution in [3.63, 3.8) is 0 Å². The first-order chi connectivity index (χ1) is 10.0. The summed E-state index contributed by atoms with van der Waals surface area (Å²) in [6.45, 7) is 2.38. The van der Waals surface area contributed by atoms with Gasteiger partial charge < -0.3 is 10.4 Å². The van der Waals surface area contributed by atoms with Crippen LogP contribution in [0.15, 0.2) is 30.3 Å². The third-order valence-electron chi connectivity index (χ3n) is 3.99. The monoisotopic (exact) mass is 308 g/mol. The lowest BCUT2D eigenvalue weighted by Gasteiger charge is -2.41. The number of nitrogens with zero attached hydrogens (tertiary/aromatic N) is 1. The highest BCUT2D eigenvalue weighted by Gasteiger charge is 2.42. The Bertz CT molecular complexity index is 487. The van der Waals surface area contributed by atoms with Gasteiger partial charge in [-0.15, -0.1) is 0 Å². The lowest BCUT2D eigenvalue weighted by molar-refractivity contribution is -0.142. The van der Waals surface area contributed by atoms with Crippen molar-refractivity contribution in [1.29, 1.82) is 0 Å². The molecule has 0 radical (unpaired) electrons. The Hall–Kier alpha value is -1.53. The number of hydrogen-bond donors (Lipinski definition) is 3. The summed E-state index contributed by atoms with van der Waals surface area (Å²) < 4.78 is -0.695. The maximum Gasteiger partial charge on any atom is 0.327 e. The molecule has 5 nitrogen and oxygen atoms in total. The number of carbonyl (C=O) groups is 2. The molecule has 1 atom stereocenters. The van der Waals surface area contributed by atoms with Crippen molar-refractivity contribution in [3.8, 4) is 0 Å². The molecule has 0 unspecified atom stereocenters. The number of amides is 1. The molecule has 1 aromatic rings. The highest BCUT2D eigenvalue weighted by Crippen LogP contribution is 2.33. The van der Waals surface area contributed by atoms with Crippen molar-refractivity contribution in [2.24, 2.45) is 0 Å². The Kier molecular flexibility index (Phi) is 5.25. The Morgan fingerprint density at radius 3 is 2.52 bits per heavy atom. The van der Waals surface area contributed by atoms with E-state index in [2.05, 4.69) is 35.0 Å². The van der Waals surface area contributed by atoms with Gasteiger partial charge in [-0.1, -0.05) is 30.3 Å². The summed E-state index contributed by atoms with van der Waals surface area (Å²) in [5.74, 6) is -1.03. The van der Waals surface area contributed by atoms with Crippen LogP contribution in [0.2, 0.25) is 0 Å². The van der Waals surface area contributed by atoms with E-state index in [1.165, 1.54) is 5.56 Å². The second-order valence-electron chi connectivity index (χ2n) is 5.42. The number of carbonyl (C=O) groups excluding carboxylic acids is 1. The molecule has 21 heavy (non-hydrogen) atoms. The zero-order valence-corrected chi connectivity index (χ0v) is 12.6. The van der Waals surface area contributed by atoms with Crippen LogP contribution in [0.4, 0.5) is 0 Å². The second-order valence-corrected chi connectivity index (χ2v) is 6.31. The number of aliphatic carboxylic acids is 1. The predicted molar refractivity (Wildman–Crippen MR) is 83.3 cm³/mol. The van der Waals surface area contributed by atoms with Gasteiger partial charge in [0.1, 0.15) is 6.04 Å². The molecule has 0 spiro atoms. The van der Waals surface area contributed by atoms with Crippen molar-refractivity contribution in [2.45, 2.75) is 30.2 Å². The van der Waals surface area contributed by atoms with E-state index < -0.39 is 16.8 Å². The fourth-order valence-corrected chi connectivity index (χ4v) is 3.14. The molecule has 1 aliphatic heterocycles. The van der Waals surface area contributed by atoms with Gasteiger partial charge in [0.15, 0.2) is 0 Å². The number of carboxylic acid groups (broad SMARTS) is 1. The van der Waals surface area contributed by atoms with Gasteiger partial charge >= 0.3 is 5.97 Å². The summed E-state index contributed by atoms with van der Waals surface area (Å²) in [6.07, 6.45) is 1.69. The van der Waals surface area contributed by atoms with E-state index in [9.17, 15) is 14.7 Å². The number of thiol groups is 1. The van der Waals surface area contributed by atoms with Crippen LogP contribution >= 0.6 is 12.6 Å². The van der Waals surface area contributed by atoms with E-state index in [4.69, 9.17) is 0 Å². The maximum absolute atomic E-state index is 11.3. The molecule has 0 saturated carbocycles. The third kappa shape index (κ3) is 3.98. The smallest absolute Gasteiger partial charge is 0.327 e. The van der Waals surface area contributed by atoms with Crippen molar-refractivity contribution >= 4 is 25.0 Å². The Labute approximate surface area is 129 Å². The van der Waals surface area contributed by atoms with E-state index in [1.54, 1.807) is 0 Å². The molecular weight excluding hydrogens is 288 g/mol.